The van der Waals surface area contributed by atoms with Crippen molar-refractivity contribution in [2.24, 2.45) is 5.92 Å². The number of aliphatic hydroxyl groups is 1. The first-order valence-corrected chi connectivity index (χ1v) is 7.70. The molecule has 8 heteroatoms. The predicted octanol–water partition coefficient (Wildman–Crippen LogP) is 0.420. The van der Waals surface area contributed by atoms with Crippen molar-refractivity contribution in [2.75, 3.05) is 13.1 Å². The molecular formula is C11H15ClN2O4S. The summed E-state index contributed by atoms with van der Waals surface area (Å²) in [5.74, 6) is -0.0620. The lowest BCUT2D eigenvalue weighted by Gasteiger charge is -2.17. The molecule has 0 amide bonds. The van der Waals surface area contributed by atoms with E-state index in [0.717, 1.165) is 12.3 Å². The summed E-state index contributed by atoms with van der Waals surface area (Å²) in [6.07, 6.45) is 1.21. The van der Waals surface area contributed by atoms with E-state index in [9.17, 15) is 18.3 Å². The Morgan fingerprint density at radius 3 is 2.79 bits per heavy atom. The monoisotopic (exact) mass is 306 g/mol. The van der Waals surface area contributed by atoms with Crippen LogP contribution in [-0.2, 0) is 10.0 Å². The van der Waals surface area contributed by atoms with Crippen LogP contribution in [-0.4, -0.2) is 42.0 Å². The lowest BCUT2D eigenvalue weighted by molar-refractivity contribution is 0.133. The molecule has 6 nitrogen and oxygen atoms in total. The Kier molecular flexibility index (Phi) is 4.00. The standard InChI is InChI=1S/C11H15ClN2O4S/c1-7(15)8-2-3-14(6-8)19(17,18)9-4-10(12)11(16)13-5-9/h4-5,7-8,15H,2-3,6H2,1H3,(H,13,16). The van der Waals surface area contributed by atoms with Crippen molar-refractivity contribution in [3.8, 4) is 0 Å². The van der Waals surface area contributed by atoms with Crippen molar-refractivity contribution in [1.29, 1.82) is 0 Å². The lowest BCUT2D eigenvalue weighted by Crippen LogP contribution is -2.31. The molecule has 0 aliphatic carbocycles. The highest BCUT2D eigenvalue weighted by Gasteiger charge is 2.34. The Bertz CT molecular complexity index is 626. The summed E-state index contributed by atoms with van der Waals surface area (Å²) in [6.45, 7) is 2.28. The number of hydrogen-bond donors (Lipinski definition) is 2. The number of nitrogens with zero attached hydrogens (tertiary/aromatic N) is 1. The van der Waals surface area contributed by atoms with Gasteiger partial charge in [0, 0.05) is 19.3 Å². The lowest BCUT2D eigenvalue weighted by atomic mass is 10.0. The Morgan fingerprint density at radius 2 is 2.26 bits per heavy atom. The van der Waals surface area contributed by atoms with Gasteiger partial charge in [-0.15, -0.1) is 0 Å². The van der Waals surface area contributed by atoms with Crippen molar-refractivity contribution in [3.63, 3.8) is 0 Å². The molecule has 106 valence electrons. The fraction of sp³-hybridized carbons (Fsp3) is 0.545. The smallest absolute Gasteiger partial charge is 0.266 e. The summed E-state index contributed by atoms with van der Waals surface area (Å²) in [4.78, 5) is 13.4. The van der Waals surface area contributed by atoms with Gasteiger partial charge >= 0.3 is 0 Å². The van der Waals surface area contributed by atoms with E-state index in [1.165, 1.54) is 4.31 Å². The highest BCUT2D eigenvalue weighted by atomic mass is 35.5. The molecular weight excluding hydrogens is 292 g/mol. The number of sulfonamides is 1. The summed E-state index contributed by atoms with van der Waals surface area (Å²) in [7, 11) is -3.68. The van der Waals surface area contributed by atoms with Crippen LogP contribution in [0.4, 0.5) is 0 Å². The fourth-order valence-corrected chi connectivity index (χ4v) is 3.84. The second kappa shape index (κ2) is 5.24. The largest absolute Gasteiger partial charge is 0.393 e. The van der Waals surface area contributed by atoms with Crippen LogP contribution in [0.1, 0.15) is 13.3 Å². The molecule has 1 saturated heterocycles. The molecule has 19 heavy (non-hydrogen) atoms. The molecule has 2 N–H and O–H groups in total. The van der Waals surface area contributed by atoms with Crippen LogP contribution in [0.25, 0.3) is 0 Å². The number of H-pyrrole nitrogens is 1. The molecule has 2 heterocycles. The van der Waals surface area contributed by atoms with E-state index in [1.807, 2.05) is 0 Å². The van der Waals surface area contributed by atoms with Gasteiger partial charge in [0.1, 0.15) is 5.02 Å². The Hall–Kier alpha value is -0.890. The van der Waals surface area contributed by atoms with Crippen molar-refractivity contribution in [1.82, 2.24) is 9.29 Å². The molecule has 1 fully saturated rings. The van der Waals surface area contributed by atoms with Gasteiger partial charge in [0.25, 0.3) is 5.56 Å². The number of aromatic amines is 1. The number of rotatable bonds is 3. The van der Waals surface area contributed by atoms with Gasteiger partial charge in [0.2, 0.25) is 10.0 Å². The first kappa shape index (κ1) is 14.5. The Balaban J connectivity index is 2.28. The maximum atomic E-state index is 12.3. The molecule has 0 spiro atoms. The van der Waals surface area contributed by atoms with Crippen LogP contribution in [0.15, 0.2) is 22.0 Å². The van der Waals surface area contributed by atoms with Crippen LogP contribution >= 0.6 is 11.6 Å². The number of aliphatic hydroxyl groups excluding tert-OH is 1. The van der Waals surface area contributed by atoms with Crippen molar-refractivity contribution in [2.45, 2.75) is 24.3 Å². The van der Waals surface area contributed by atoms with Gasteiger partial charge in [-0.25, -0.2) is 8.42 Å². The molecule has 1 aromatic rings. The first-order chi connectivity index (χ1) is 8.82. The van der Waals surface area contributed by atoms with Crippen molar-refractivity contribution in [3.05, 3.63) is 27.6 Å². The molecule has 0 aromatic carbocycles. The predicted molar refractivity (Wildman–Crippen MR) is 70.6 cm³/mol. The van der Waals surface area contributed by atoms with E-state index in [-0.39, 0.29) is 22.4 Å². The molecule has 2 rings (SSSR count). The first-order valence-electron chi connectivity index (χ1n) is 5.89. The van der Waals surface area contributed by atoms with E-state index in [2.05, 4.69) is 4.98 Å². The summed E-state index contributed by atoms with van der Waals surface area (Å²) in [5.41, 5.74) is -0.524. The van der Waals surface area contributed by atoms with Gasteiger partial charge in [-0.3, -0.25) is 4.79 Å². The molecule has 1 aromatic heterocycles. The van der Waals surface area contributed by atoms with Crippen LogP contribution in [0, 0.1) is 5.92 Å². The SMILES string of the molecule is CC(O)C1CCN(S(=O)(=O)c2c[nH]c(=O)c(Cl)c2)C1. The Labute approximate surface area is 116 Å². The zero-order chi connectivity index (χ0) is 14.2. The fourth-order valence-electron chi connectivity index (χ4n) is 2.10. The van der Waals surface area contributed by atoms with Crippen LogP contribution < -0.4 is 5.56 Å². The van der Waals surface area contributed by atoms with Gasteiger partial charge in [0.05, 0.1) is 11.0 Å². The summed E-state index contributed by atoms with van der Waals surface area (Å²) >= 11 is 5.64. The van der Waals surface area contributed by atoms with Crippen molar-refractivity contribution < 1.29 is 13.5 Å². The third kappa shape index (κ3) is 2.84. The second-order valence-corrected chi connectivity index (χ2v) is 7.01. The molecule has 2 atom stereocenters. The van der Waals surface area contributed by atoms with E-state index >= 15 is 0 Å². The van der Waals surface area contributed by atoms with Gasteiger partial charge < -0.3 is 10.1 Å². The van der Waals surface area contributed by atoms with E-state index in [0.29, 0.717) is 13.0 Å². The zero-order valence-electron chi connectivity index (χ0n) is 10.3. The summed E-state index contributed by atoms with van der Waals surface area (Å²) < 4.78 is 26.0. The second-order valence-electron chi connectivity index (χ2n) is 4.66. The average molecular weight is 307 g/mol. The number of halogens is 1. The Morgan fingerprint density at radius 1 is 1.58 bits per heavy atom. The van der Waals surface area contributed by atoms with Crippen LogP contribution in [0.3, 0.4) is 0 Å². The van der Waals surface area contributed by atoms with E-state index in [4.69, 9.17) is 11.6 Å². The third-order valence-electron chi connectivity index (χ3n) is 3.34. The molecule has 0 radical (unpaired) electrons. The number of pyridine rings is 1. The summed E-state index contributed by atoms with van der Waals surface area (Å²) in [6, 6.07) is 1.14. The highest BCUT2D eigenvalue weighted by molar-refractivity contribution is 7.89. The van der Waals surface area contributed by atoms with Crippen LogP contribution in [0.2, 0.25) is 5.02 Å². The number of aromatic nitrogens is 1. The van der Waals surface area contributed by atoms with Gasteiger partial charge in [-0.1, -0.05) is 11.6 Å². The van der Waals surface area contributed by atoms with Gasteiger partial charge in [-0.05, 0) is 25.3 Å². The minimum atomic E-state index is -3.68. The topological polar surface area (TPSA) is 90.5 Å². The minimum absolute atomic E-state index is 0.0386. The maximum Gasteiger partial charge on any atom is 0.266 e. The van der Waals surface area contributed by atoms with E-state index in [1.54, 1.807) is 6.92 Å². The average Bonchev–Trinajstić information content (AvgIpc) is 2.82. The highest BCUT2D eigenvalue weighted by Crippen LogP contribution is 2.26. The molecule has 2 unspecified atom stereocenters. The van der Waals surface area contributed by atoms with Crippen LogP contribution in [0.5, 0.6) is 0 Å². The zero-order valence-corrected chi connectivity index (χ0v) is 11.9. The third-order valence-corrected chi connectivity index (χ3v) is 5.46. The molecule has 1 aliphatic rings. The number of hydrogen-bond acceptors (Lipinski definition) is 4. The minimum Gasteiger partial charge on any atom is -0.393 e. The summed E-state index contributed by atoms with van der Waals surface area (Å²) in [5, 5.41) is 9.34. The van der Waals surface area contributed by atoms with E-state index < -0.39 is 21.7 Å². The van der Waals surface area contributed by atoms with Gasteiger partial charge in [-0.2, -0.15) is 4.31 Å². The molecule has 1 aliphatic heterocycles. The normalized spacial score (nSPS) is 22.6. The maximum absolute atomic E-state index is 12.3. The van der Waals surface area contributed by atoms with Gasteiger partial charge in [0.15, 0.2) is 0 Å². The molecule has 0 saturated carbocycles. The number of nitrogens with one attached hydrogen (secondary N) is 1. The van der Waals surface area contributed by atoms with Crippen molar-refractivity contribution >= 4 is 21.6 Å². The molecule has 0 bridgehead atoms. The quantitative estimate of drug-likeness (QED) is 0.847.